The fraction of sp³-hybridized carbons (Fsp3) is 0.350. The average Bonchev–Trinajstić information content (AvgIpc) is 2.60. The van der Waals surface area contributed by atoms with E-state index in [4.69, 9.17) is 21.1 Å². The number of halogens is 1. The molecule has 1 unspecified atom stereocenters. The van der Waals surface area contributed by atoms with E-state index in [1.54, 1.807) is 12.1 Å². The van der Waals surface area contributed by atoms with Gasteiger partial charge in [0.2, 0.25) is 5.91 Å². The number of carbonyl (C=O) groups is 1. The standard InChI is InChI=1S/C20H24ClNO3/c1-15-5-9-19(10-6-15)25-14-16(2)22-20(23)4-3-13-24-18-11-7-17(21)8-12-18/h5-12,16H,3-4,13-14H2,1-2H3,(H,22,23). The van der Waals surface area contributed by atoms with Crippen molar-refractivity contribution < 1.29 is 14.3 Å². The molecule has 1 atom stereocenters. The number of ether oxygens (including phenoxy) is 2. The molecule has 1 N–H and O–H groups in total. The van der Waals surface area contributed by atoms with Gasteiger partial charge in [-0.05, 0) is 56.7 Å². The Balaban J connectivity index is 1.59. The van der Waals surface area contributed by atoms with Gasteiger partial charge < -0.3 is 14.8 Å². The lowest BCUT2D eigenvalue weighted by molar-refractivity contribution is -0.122. The lowest BCUT2D eigenvalue weighted by Crippen LogP contribution is -2.36. The van der Waals surface area contributed by atoms with Crippen LogP contribution in [-0.4, -0.2) is 25.2 Å². The second-order valence-corrected chi connectivity index (χ2v) is 6.43. The quantitative estimate of drug-likeness (QED) is 0.674. The number of rotatable bonds is 9. The van der Waals surface area contributed by atoms with Gasteiger partial charge in [0.1, 0.15) is 18.1 Å². The zero-order chi connectivity index (χ0) is 18.1. The Kier molecular flexibility index (Phi) is 7.61. The van der Waals surface area contributed by atoms with Crippen molar-refractivity contribution in [3.05, 3.63) is 59.1 Å². The summed E-state index contributed by atoms with van der Waals surface area (Å²) in [6.45, 7) is 4.89. The normalized spacial score (nSPS) is 11.6. The lowest BCUT2D eigenvalue weighted by atomic mass is 10.2. The van der Waals surface area contributed by atoms with Gasteiger partial charge in [0.15, 0.2) is 0 Å². The average molecular weight is 362 g/mol. The molecule has 25 heavy (non-hydrogen) atoms. The molecule has 0 aliphatic carbocycles. The summed E-state index contributed by atoms with van der Waals surface area (Å²) in [6, 6.07) is 15.0. The van der Waals surface area contributed by atoms with Crippen molar-refractivity contribution in [3.8, 4) is 11.5 Å². The number of carbonyl (C=O) groups excluding carboxylic acids is 1. The molecule has 2 rings (SSSR count). The second-order valence-electron chi connectivity index (χ2n) is 6.00. The van der Waals surface area contributed by atoms with Crippen molar-refractivity contribution in [1.82, 2.24) is 5.32 Å². The van der Waals surface area contributed by atoms with E-state index in [0.717, 1.165) is 11.5 Å². The highest BCUT2D eigenvalue weighted by Gasteiger charge is 2.08. The number of aryl methyl sites for hydroxylation is 1. The van der Waals surface area contributed by atoms with Crippen molar-refractivity contribution >= 4 is 17.5 Å². The van der Waals surface area contributed by atoms with E-state index in [1.807, 2.05) is 50.2 Å². The number of amides is 1. The van der Waals surface area contributed by atoms with E-state index >= 15 is 0 Å². The van der Waals surface area contributed by atoms with Gasteiger partial charge in [0.05, 0.1) is 12.6 Å². The summed E-state index contributed by atoms with van der Waals surface area (Å²) >= 11 is 5.82. The summed E-state index contributed by atoms with van der Waals surface area (Å²) < 4.78 is 11.2. The third-order valence-corrected chi connectivity index (χ3v) is 3.81. The Bertz CT molecular complexity index is 656. The zero-order valence-electron chi connectivity index (χ0n) is 14.6. The monoisotopic (exact) mass is 361 g/mol. The van der Waals surface area contributed by atoms with Crippen molar-refractivity contribution in [2.45, 2.75) is 32.7 Å². The van der Waals surface area contributed by atoms with E-state index in [2.05, 4.69) is 5.32 Å². The molecule has 0 heterocycles. The van der Waals surface area contributed by atoms with Crippen LogP contribution in [0.25, 0.3) is 0 Å². The van der Waals surface area contributed by atoms with Crippen molar-refractivity contribution in [1.29, 1.82) is 0 Å². The molecule has 0 bridgehead atoms. The minimum Gasteiger partial charge on any atom is -0.494 e. The molecule has 2 aromatic rings. The zero-order valence-corrected chi connectivity index (χ0v) is 15.4. The van der Waals surface area contributed by atoms with Crippen LogP contribution in [0.3, 0.4) is 0 Å². The molecule has 0 saturated heterocycles. The molecule has 5 heteroatoms. The summed E-state index contributed by atoms with van der Waals surface area (Å²) in [4.78, 5) is 11.9. The van der Waals surface area contributed by atoms with Gasteiger partial charge in [0.25, 0.3) is 0 Å². The van der Waals surface area contributed by atoms with Crippen LogP contribution in [0.2, 0.25) is 5.02 Å². The van der Waals surface area contributed by atoms with Crippen LogP contribution in [0, 0.1) is 6.92 Å². The van der Waals surface area contributed by atoms with Crippen molar-refractivity contribution in [2.24, 2.45) is 0 Å². The fourth-order valence-electron chi connectivity index (χ4n) is 2.20. The van der Waals surface area contributed by atoms with Gasteiger partial charge in [0, 0.05) is 11.4 Å². The smallest absolute Gasteiger partial charge is 0.220 e. The molecule has 1 amide bonds. The predicted molar refractivity (Wildman–Crippen MR) is 100 cm³/mol. The summed E-state index contributed by atoms with van der Waals surface area (Å²) in [5.41, 5.74) is 1.19. The van der Waals surface area contributed by atoms with Crippen LogP contribution in [0.15, 0.2) is 48.5 Å². The molecule has 0 saturated carbocycles. The van der Waals surface area contributed by atoms with E-state index in [-0.39, 0.29) is 11.9 Å². The summed E-state index contributed by atoms with van der Waals surface area (Å²) in [6.07, 6.45) is 1.07. The Hall–Kier alpha value is -2.20. The number of nitrogens with one attached hydrogen (secondary N) is 1. The Morgan fingerprint density at radius 1 is 1.04 bits per heavy atom. The van der Waals surface area contributed by atoms with E-state index in [1.165, 1.54) is 5.56 Å². The van der Waals surface area contributed by atoms with Crippen molar-refractivity contribution in [3.63, 3.8) is 0 Å². The number of hydrogen-bond donors (Lipinski definition) is 1. The van der Waals surface area contributed by atoms with Gasteiger partial charge in [-0.25, -0.2) is 0 Å². The molecular weight excluding hydrogens is 338 g/mol. The molecule has 2 aromatic carbocycles. The highest BCUT2D eigenvalue weighted by Crippen LogP contribution is 2.15. The van der Waals surface area contributed by atoms with E-state index in [9.17, 15) is 4.79 Å². The van der Waals surface area contributed by atoms with Crippen molar-refractivity contribution in [2.75, 3.05) is 13.2 Å². The molecule has 0 aliphatic heterocycles. The largest absolute Gasteiger partial charge is 0.494 e. The van der Waals surface area contributed by atoms with Gasteiger partial charge in [-0.3, -0.25) is 4.79 Å². The Morgan fingerprint density at radius 3 is 2.32 bits per heavy atom. The Labute approximate surface area is 154 Å². The first-order chi connectivity index (χ1) is 12.0. The van der Waals surface area contributed by atoms with Gasteiger partial charge in [-0.1, -0.05) is 29.3 Å². The maximum absolute atomic E-state index is 11.9. The van der Waals surface area contributed by atoms with Crippen LogP contribution in [0.1, 0.15) is 25.3 Å². The summed E-state index contributed by atoms with van der Waals surface area (Å²) in [5.74, 6) is 1.56. The number of hydrogen-bond acceptors (Lipinski definition) is 3. The first kappa shape index (κ1) is 19.1. The fourth-order valence-corrected chi connectivity index (χ4v) is 2.32. The van der Waals surface area contributed by atoms with Crippen LogP contribution in [0.5, 0.6) is 11.5 Å². The predicted octanol–water partition coefficient (Wildman–Crippen LogP) is 4.39. The number of benzene rings is 2. The van der Waals surface area contributed by atoms with Crippen LogP contribution >= 0.6 is 11.6 Å². The Morgan fingerprint density at radius 2 is 1.64 bits per heavy atom. The molecule has 0 spiro atoms. The molecule has 4 nitrogen and oxygen atoms in total. The minimum atomic E-state index is -0.0500. The highest BCUT2D eigenvalue weighted by molar-refractivity contribution is 6.30. The minimum absolute atomic E-state index is 0.000266. The van der Waals surface area contributed by atoms with Gasteiger partial charge >= 0.3 is 0 Å². The van der Waals surface area contributed by atoms with Crippen LogP contribution in [-0.2, 0) is 4.79 Å². The van der Waals surface area contributed by atoms with E-state index in [0.29, 0.717) is 31.1 Å². The maximum atomic E-state index is 11.9. The molecule has 0 radical (unpaired) electrons. The lowest BCUT2D eigenvalue weighted by Gasteiger charge is -2.15. The molecular formula is C20H24ClNO3. The highest BCUT2D eigenvalue weighted by atomic mass is 35.5. The van der Waals surface area contributed by atoms with Gasteiger partial charge in [-0.2, -0.15) is 0 Å². The molecule has 0 fully saturated rings. The first-order valence-corrected chi connectivity index (χ1v) is 8.78. The molecule has 134 valence electrons. The second kappa shape index (κ2) is 9.94. The first-order valence-electron chi connectivity index (χ1n) is 8.40. The third-order valence-electron chi connectivity index (χ3n) is 3.56. The summed E-state index contributed by atoms with van der Waals surface area (Å²) in [5, 5.41) is 3.61. The maximum Gasteiger partial charge on any atom is 0.220 e. The molecule has 0 aliphatic rings. The van der Waals surface area contributed by atoms with E-state index < -0.39 is 0 Å². The molecule has 0 aromatic heterocycles. The topological polar surface area (TPSA) is 47.6 Å². The van der Waals surface area contributed by atoms with Crippen LogP contribution in [0.4, 0.5) is 0 Å². The summed E-state index contributed by atoms with van der Waals surface area (Å²) in [7, 11) is 0. The van der Waals surface area contributed by atoms with Gasteiger partial charge in [-0.15, -0.1) is 0 Å². The third kappa shape index (κ3) is 7.48. The SMILES string of the molecule is Cc1ccc(OCC(C)NC(=O)CCCOc2ccc(Cl)cc2)cc1. The van der Waals surface area contributed by atoms with Crippen LogP contribution < -0.4 is 14.8 Å².